The van der Waals surface area contributed by atoms with E-state index in [1.165, 1.54) is 12.1 Å². The molecule has 190 valence electrons. The van der Waals surface area contributed by atoms with E-state index in [1.54, 1.807) is 12.3 Å². The van der Waals surface area contributed by atoms with Gasteiger partial charge < -0.3 is 9.88 Å². The molecule has 6 nitrogen and oxygen atoms in total. The quantitative estimate of drug-likeness (QED) is 0.191. The summed E-state index contributed by atoms with van der Waals surface area (Å²) in [6.07, 6.45) is 3.57. The highest BCUT2D eigenvalue weighted by Gasteiger charge is 2.25. The third-order valence-corrected chi connectivity index (χ3v) is 7.02. The summed E-state index contributed by atoms with van der Waals surface area (Å²) in [6.45, 7) is 4.27. The van der Waals surface area contributed by atoms with Gasteiger partial charge in [-0.05, 0) is 41.8 Å². The Morgan fingerprint density at radius 2 is 1.68 bits per heavy atom. The van der Waals surface area contributed by atoms with Crippen molar-refractivity contribution in [2.24, 2.45) is 11.0 Å². The molecule has 0 aliphatic heterocycles. The zero-order valence-electron chi connectivity index (χ0n) is 20.2. The molecule has 3 aromatic carbocycles. The van der Waals surface area contributed by atoms with E-state index in [-0.39, 0.29) is 10.9 Å². The minimum Gasteiger partial charge on any atom is -0.342 e. The maximum absolute atomic E-state index is 12.9. The van der Waals surface area contributed by atoms with Crippen LogP contribution in [0.25, 0.3) is 10.9 Å². The fraction of sp³-hybridized carbons (Fsp3) is 0.179. The van der Waals surface area contributed by atoms with Crippen LogP contribution >= 0.6 is 34.8 Å². The molecule has 0 fully saturated rings. The summed E-state index contributed by atoms with van der Waals surface area (Å²) in [5.74, 6) is -1.04. The van der Waals surface area contributed by atoms with Crippen LogP contribution in [-0.4, -0.2) is 28.6 Å². The highest BCUT2D eigenvalue weighted by Crippen LogP contribution is 2.24. The van der Waals surface area contributed by atoms with Gasteiger partial charge in [0.1, 0.15) is 6.04 Å². The summed E-state index contributed by atoms with van der Waals surface area (Å²) in [6, 6.07) is 19.4. The Bertz CT molecular complexity index is 1480. The van der Waals surface area contributed by atoms with E-state index in [0.29, 0.717) is 22.2 Å². The number of aromatic nitrogens is 1. The van der Waals surface area contributed by atoms with Crippen LogP contribution in [0.1, 0.15) is 35.3 Å². The van der Waals surface area contributed by atoms with Gasteiger partial charge in [0.05, 0.1) is 16.3 Å². The molecule has 0 aliphatic rings. The molecule has 1 atom stereocenters. The monoisotopic (exact) mass is 554 g/mol. The Morgan fingerprint density at radius 3 is 2.41 bits per heavy atom. The summed E-state index contributed by atoms with van der Waals surface area (Å²) in [5, 5.41) is 9.23. The fourth-order valence-electron chi connectivity index (χ4n) is 3.95. The van der Waals surface area contributed by atoms with Gasteiger partial charge in [0.25, 0.3) is 11.8 Å². The van der Waals surface area contributed by atoms with Crippen LogP contribution in [0.5, 0.6) is 0 Å². The summed E-state index contributed by atoms with van der Waals surface area (Å²) < 4.78 is 2.09. The molecule has 1 unspecified atom stereocenters. The lowest BCUT2D eigenvalue weighted by atomic mass is 10.0. The first-order valence-corrected chi connectivity index (χ1v) is 12.8. The van der Waals surface area contributed by atoms with E-state index in [9.17, 15) is 9.59 Å². The maximum Gasteiger partial charge on any atom is 0.262 e. The normalized spacial score (nSPS) is 12.3. The topological polar surface area (TPSA) is 75.5 Å². The van der Waals surface area contributed by atoms with Gasteiger partial charge in [0, 0.05) is 39.8 Å². The van der Waals surface area contributed by atoms with Crippen molar-refractivity contribution in [1.82, 2.24) is 15.3 Å². The Balaban J connectivity index is 1.49. The van der Waals surface area contributed by atoms with E-state index >= 15 is 0 Å². The Labute approximate surface area is 230 Å². The number of halogens is 3. The third kappa shape index (κ3) is 6.34. The number of amides is 2. The fourth-order valence-corrected chi connectivity index (χ4v) is 4.44. The van der Waals surface area contributed by atoms with Gasteiger partial charge in [-0.3, -0.25) is 9.59 Å². The smallest absolute Gasteiger partial charge is 0.262 e. The van der Waals surface area contributed by atoms with Gasteiger partial charge >= 0.3 is 0 Å². The average molecular weight is 556 g/mol. The van der Waals surface area contributed by atoms with Crippen molar-refractivity contribution < 1.29 is 9.59 Å². The first-order valence-electron chi connectivity index (χ1n) is 11.6. The summed E-state index contributed by atoms with van der Waals surface area (Å²) in [7, 11) is 0. The van der Waals surface area contributed by atoms with Crippen LogP contribution in [0.15, 0.2) is 78.0 Å². The molecule has 4 rings (SSSR count). The van der Waals surface area contributed by atoms with Crippen molar-refractivity contribution >= 4 is 63.7 Å². The molecular weight excluding hydrogens is 531 g/mol. The number of para-hydroxylation sites is 1. The second-order valence-corrected chi connectivity index (χ2v) is 10.1. The number of carbonyl (C=O) groups excluding carboxylic acids is 2. The molecule has 0 saturated heterocycles. The molecule has 9 heteroatoms. The maximum atomic E-state index is 12.9. The van der Waals surface area contributed by atoms with Crippen molar-refractivity contribution in [2.45, 2.75) is 26.4 Å². The predicted molar refractivity (Wildman–Crippen MR) is 151 cm³/mol. The van der Waals surface area contributed by atoms with Crippen molar-refractivity contribution in [3.63, 3.8) is 0 Å². The number of nitrogens with one attached hydrogen (secondary N) is 2. The van der Waals surface area contributed by atoms with Gasteiger partial charge in [-0.1, -0.05) is 85.0 Å². The molecule has 0 radical (unpaired) electrons. The number of benzene rings is 3. The van der Waals surface area contributed by atoms with E-state index in [4.69, 9.17) is 34.8 Å². The highest BCUT2D eigenvalue weighted by molar-refractivity contribution is 6.42. The first kappa shape index (κ1) is 26.7. The zero-order valence-corrected chi connectivity index (χ0v) is 22.5. The van der Waals surface area contributed by atoms with Crippen molar-refractivity contribution in [3.05, 3.63) is 105 Å². The van der Waals surface area contributed by atoms with Crippen molar-refractivity contribution in [3.8, 4) is 0 Å². The second kappa shape index (κ2) is 11.8. The van der Waals surface area contributed by atoms with Gasteiger partial charge in [-0.15, -0.1) is 0 Å². The summed E-state index contributed by atoms with van der Waals surface area (Å²) >= 11 is 18.3. The molecule has 1 heterocycles. The molecule has 4 aromatic rings. The van der Waals surface area contributed by atoms with E-state index in [2.05, 4.69) is 20.4 Å². The third-order valence-electron chi connectivity index (χ3n) is 5.91. The molecule has 0 saturated carbocycles. The van der Waals surface area contributed by atoms with Gasteiger partial charge in [-0.2, -0.15) is 5.10 Å². The first-order chi connectivity index (χ1) is 17.7. The number of hydrogen-bond acceptors (Lipinski definition) is 3. The number of rotatable bonds is 8. The van der Waals surface area contributed by atoms with Crippen molar-refractivity contribution in [1.29, 1.82) is 0 Å². The summed E-state index contributed by atoms with van der Waals surface area (Å²) in [5.41, 5.74) is 5.72. The molecule has 0 bridgehead atoms. The van der Waals surface area contributed by atoms with Crippen LogP contribution in [0.3, 0.4) is 0 Å². The lowest BCUT2D eigenvalue weighted by Crippen LogP contribution is -2.48. The van der Waals surface area contributed by atoms with E-state index in [1.807, 2.05) is 68.6 Å². The van der Waals surface area contributed by atoms with Crippen LogP contribution in [-0.2, 0) is 11.3 Å². The Kier molecular flexibility index (Phi) is 8.54. The number of nitrogens with zero attached hydrogens (tertiary/aromatic N) is 2. The Morgan fingerprint density at radius 1 is 0.946 bits per heavy atom. The lowest BCUT2D eigenvalue weighted by Gasteiger charge is -2.20. The number of carbonyl (C=O) groups is 2. The minimum atomic E-state index is -0.805. The van der Waals surface area contributed by atoms with Crippen LogP contribution in [0, 0.1) is 5.92 Å². The molecule has 1 aromatic heterocycles. The predicted octanol–water partition coefficient (Wildman–Crippen LogP) is 6.55. The van der Waals surface area contributed by atoms with E-state index in [0.717, 1.165) is 22.0 Å². The van der Waals surface area contributed by atoms with E-state index < -0.39 is 17.9 Å². The highest BCUT2D eigenvalue weighted by atomic mass is 35.5. The molecule has 37 heavy (non-hydrogen) atoms. The SMILES string of the molecule is CC(C)C(NC(=O)c1ccc(Cl)c(Cl)c1)C(=O)N/N=C\c1cn(Cc2ccccc2Cl)c2ccccc12. The average Bonchev–Trinajstić information content (AvgIpc) is 3.22. The summed E-state index contributed by atoms with van der Waals surface area (Å²) in [4.78, 5) is 25.6. The molecule has 2 amide bonds. The van der Waals surface area contributed by atoms with Crippen LogP contribution < -0.4 is 10.7 Å². The van der Waals surface area contributed by atoms with Gasteiger partial charge in [0.2, 0.25) is 0 Å². The molecule has 2 N–H and O–H groups in total. The standard InChI is InChI=1S/C28H25Cl3N4O2/c1-17(2)26(33-27(36)18-11-12-23(30)24(31)13-18)28(37)34-32-14-20-16-35(25-10-6-4-8-21(20)25)15-19-7-3-5-9-22(19)29/h3-14,16-17,26H,15H2,1-2H3,(H,33,36)(H,34,37)/b32-14-. The lowest BCUT2D eigenvalue weighted by molar-refractivity contribution is -0.123. The van der Waals surface area contributed by atoms with Gasteiger partial charge in [0.15, 0.2) is 0 Å². The number of fused-ring (bicyclic) bond motifs is 1. The molecular formula is C28H25Cl3N4O2. The molecule has 0 aliphatic carbocycles. The largest absolute Gasteiger partial charge is 0.342 e. The zero-order chi connectivity index (χ0) is 26.5. The number of hydrogen-bond donors (Lipinski definition) is 2. The van der Waals surface area contributed by atoms with Crippen molar-refractivity contribution in [2.75, 3.05) is 0 Å². The van der Waals surface area contributed by atoms with Crippen LogP contribution in [0.2, 0.25) is 15.1 Å². The van der Waals surface area contributed by atoms with Crippen LogP contribution in [0.4, 0.5) is 0 Å². The molecule has 0 spiro atoms. The Hall–Kier alpha value is -3.32. The minimum absolute atomic E-state index is 0.181. The van der Waals surface area contributed by atoms with Gasteiger partial charge in [-0.25, -0.2) is 5.43 Å². The second-order valence-electron chi connectivity index (χ2n) is 8.88. The number of hydrazone groups is 1.